The molecular weight excluding hydrogens is 238 g/mol. The highest BCUT2D eigenvalue weighted by molar-refractivity contribution is 7.89. The van der Waals surface area contributed by atoms with Crippen molar-refractivity contribution in [1.82, 2.24) is 4.72 Å². The van der Waals surface area contributed by atoms with Gasteiger partial charge in [0.15, 0.2) is 0 Å². The molecule has 0 aliphatic heterocycles. The molecule has 0 aromatic heterocycles. The molecule has 1 aromatic carbocycles. The van der Waals surface area contributed by atoms with Gasteiger partial charge in [-0.3, -0.25) is 0 Å². The second-order valence-electron chi connectivity index (χ2n) is 4.38. The van der Waals surface area contributed by atoms with Crippen LogP contribution in [0.1, 0.15) is 19.4 Å². The van der Waals surface area contributed by atoms with Gasteiger partial charge in [-0.25, -0.2) is 13.1 Å². The van der Waals surface area contributed by atoms with Crippen LogP contribution < -0.4 is 4.72 Å². The van der Waals surface area contributed by atoms with E-state index in [1.807, 2.05) is 6.92 Å². The average Bonchev–Trinajstić information content (AvgIpc) is 2.27. The molecule has 0 fully saturated rings. The molecule has 0 saturated heterocycles. The van der Waals surface area contributed by atoms with E-state index >= 15 is 0 Å². The Morgan fingerprint density at radius 1 is 1.24 bits per heavy atom. The number of benzene rings is 1. The van der Waals surface area contributed by atoms with Gasteiger partial charge in [0, 0.05) is 12.6 Å². The Morgan fingerprint density at radius 2 is 1.76 bits per heavy atom. The maximum absolute atomic E-state index is 12.0. The van der Waals surface area contributed by atoms with Crippen LogP contribution in [0.15, 0.2) is 29.2 Å². The number of hydrogen-bond acceptors (Lipinski definition) is 3. The second-order valence-corrected chi connectivity index (χ2v) is 6.10. The summed E-state index contributed by atoms with van der Waals surface area (Å²) in [5.41, 5.74) is 1.01. The zero-order chi connectivity index (χ0) is 13.1. The number of aliphatic hydroxyl groups excluding tert-OH is 1. The minimum atomic E-state index is -3.49. The summed E-state index contributed by atoms with van der Waals surface area (Å²) in [6.07, 6.45) is 0. The molecule has 4 nitrogen and oxygen atoms in total. The standard InChI is InChI=1S/C12H19NO3S/c1-9-4-6-12(7-5-9)17(15,16)13-11(3)10(2)8-14/h4-7,10-11,13-14H,8H2,1-3H3/t10-,11-/m0/s1. The Balaban J connectivity index is 2.85. The minimum absolute atomic E-state index is 0.0441. The van der Waals surface area contributed by atoms with E-state index in [2.05, 4.69) is 4.72 Å². The fourth-order valence-corrected chi connectivity index (χ4v) is 2.66. The van der Waals surface area contributed by atoms with E-state index in [-0.39, 0.29) is 23.5 Å². The molecule has 96 valence electrons. The molecule has 0 radical (unpaired) electrons. The van der Waals surface area contributed by atoms with Crippen LogP contribution >= 0.6 is 0 Å². The van der Waals surface area contributed by atoms with E-state index in [9.17, 15) is 8.42 Å². The van der Waals surface area contributed by atoms with Gasteiger partial charge < -0.3 is 5.11 Å². The van der Waals surface area contributed by atoms with Gasteiger partial charge in [-0.05, 0) is 31.9 Å². The normalized spacial score (nSPS) is 15.5. The van der Waals surface area contributed by atoms with E-state index in [0.29, 0.717) is 0 Å². The second kappa shape index (κ2) is 5.62. The molecule has 1 aromatic rings. The van der Waals surface area contributed by atoms with Crippen LogP contribution in [0, 0.1) is 12.8 Å². The number of rotatable bonds is 5. The first-order valence-corrected chi connectivity index (χ1v) is 7.05. The summed E-state index contributed by atoms with van der Waals surface area (Å²) >= 11 is 0. The molecular formula is C12H19NO3S. The molecule has 0 saturated carbocycles. The van der Waals surface area contributed by atoms with Gasteiger partial charge in [0.1, 0.15) is 0 Å². The quantitative estimate of drug-likeness (QED) is 0.835. The van der Waals surface area contributed by atoms with Crippen LogP contribution in [0.5, 0.6) is 0 Å². The minimum Gasteiger partial charge on any atom is -0.396 e. The van der Waals surface area contributed by atoms with Crippen molar-refractivity contribution >= 4 is 10.0 Å². The first-order valence-electron chi connectivity index (χ1n) is 5.56. The summed E-state index contributed by atoms with van der Waals surface area (Å²) in [4.78, 5) is 0.250. The maximum Gasteiger partial charge on any atom is 0.240 e. The Hall–Kier alpha value is -0.910. The van der Waals surface area contributed by atoms with Gasteiger partial charge >= 0.3 is 0 Å². The van der Waals surface area contributed by atoms with Gasteiger partial charge in [0.2, 0.25) is 10.0 Å². The lowest BCUT2D eigenvalue weighted by Crippen LogP contribution is -2.38. The number of aryl methyl sites for hydroxylation is 1. The van der Waals surface area contributed by atoms with Gasteiger partial charge in [-0.2, -0.15) is 0 Å². The Bertz CT molecular complexity index is 453. The van der Waals surface area contributed by atoms with Crippen LogP contribution in [-0.2, 0) is 10.0 Å². The number of sulfonamides is 1. The summed E-state index contributed by atoms with van der Waals surface area (Å²) in [6.45, 7) is 5.40. The van der Waals surface area contributed by atoms with E-state index < -0.39 is 10.0 Å². The summed E-state index contributed by atoms with van der Waals surface area (Å²) in [5.74, 6) is -0.116. The maximum atomic E-state index is 12.0. The Morgan fingerprint density at radius 3 is 2.24 bits per heavy atom. The predicted octanol–water partition coefficient (Wildman–Crippen LogP) is 1.29. The van der Waals surface area contributed by atoms with Gasteiger partial charge in [-0.15, -0.1) is 0 Å². The molecule has 0 unspecified atom stereocenters. The fourth-order valence-electron chi connectivity index (χ4n) is 1.30. The highest BCUT2D eigenvalue weighted by Crippen LogP contribution is 2.12. The molecule has 0 aliphatic carbocycles. The van der Waals surface area contributed by atoms with Crippen molar-refractivity contribution in [1.29, 1.82) is 0 Å². The van der Waals surface area contributed by atoms with Crippen LogP contribution in [0.3, 0.4) is 0 Å². The zero-order valence-electron chi connectivity index (χ0n) is 10.3. The Kier molecular flexibility index (Phi) is 4.68. The van der Waals surface area contributed by atoms with Crippen molar-refractivity contribution < 1.29 is 13.5 Å². The SMILES string of the molecule is Cc1ccc(S(=O)(=O)N[C@@H](C)[C@@H](C)CO)cc1. The summed E-state index contributed by atoms with van der Waals surface area (Å²) < 4.78 is 26.5. The molecule has 0 bridgehead atoms. The van der Waals surface area contributed by atoms with Crippen LogP contribution in [0.2, 0.25) is 0 Å². The topological polar surface area (TPSA) is 66.4 Å². The third kappa shape index (κ3) is 3.80. The number of hydrogen-bond donors (Lipinski definition) is 2. The van der Waals surface area contributed by atoms with Crippen molar-refractivity contribution in [3.05, 3.63) is 29.8 Å². The molecule has 2 N–H and O–H groups in total. The molecule has 0 heterocycles. The molecule has 0 amide bonds. The van der Waals surface area contributed by atoms with E-state index in [4.69, 9.17) is 5.11 Å². The van der Waals surface area contributed by atoms with Gasteiger partial charge in [0.25, 0.3) is 0 Å². The lowest BCUT2D eigenvalue weighted by molar-refractivity contribution is 0.216. The van der Waals surface area contributed by atoms with Crippen LogP contribution in [0.4, 0.5) is 0 Å². The highest BCUT2D eigenvalue weighted by atomic mass is 32.2. The number of aliphatic hydroxyl groups is 1. The van der Waals surface area contributed by atoms with Crippen LogP contribution in [0.25, 0.3) is 0 Å². The molecule has 1 rings (SSSR count). The van der Waals surface area contributed by atoms with Gasteiger partial charge in [0.05, 0.1) is 4.90 Å². The molecule has 0 aliphatic rings. The third-order valence-electron chi connectivity index (χ3n) is 2.81. The van der Waals surface area contributed by atoms with Crippen LogP contribution in [-0.4, -0.2) is 26.2 Å². The first kappa shape index (κ1) is 14.2. The van der Waals surface area contributed by atoms with Gasteiger partial charge in [-0.1, -0.05) is 24.6 Å². The summed E-state index contributed by atoms with van der Waals surface area (Å²) in [5, 5.41) is 8.97. The van der Waals surface area contributed by atoms with E-state index in [1.54, 1.807) is 38.1 Å². The molecule has 17 heavy (non-hydrogen) atoms. The Labute approximate surface area is 103 Å². The molecule has 2 atom stereocenters. The fraction of sp³-hybridized carbons (Fsp3) is 0.500. The largest absolute Gasteiger partial charge is 0.396 e. The zero-order valence-corrected chi connectivity index (χ0v) is 11.2. The predicted molar refractivity (Wildman–Crippen MR) is 67.2 cm³/mol. The van der Waals surface area contributed by atoms with Crippen molar-refractivity contribution in [3.8, 4) is 0 Å². The van der Waals surface area contributed by atoms with Crippen molar-refractivity contribution in [2.45, 2.75) is 31.7 Å². The van der Waals surface area contributed by atoms with E-state index in [0.717, 1.165) is 5.56 Å². The summed E-state index contributed by atoms with van der Waals surface area (Å²) in [7, 11) is -3.49. The van der Waals surface area contributed by atoms with Crippen molar-refractivity contribution in [2.24, 2.45) is 5.92 Å². The van der Waals surface area contributed by atoms with Crippen molar-refractivity contribution in [2.75, 3.05) is 6.61 Å². The lowest BCUT2D eigenvalue weighted by atomic mass is 10.1. The molecule has 0 spiro atoms. The lowest BCUT2D eigenvalue weighted by Gasteiger charge is -2.19. The first-order chi connectivity index (χ1) is 7.86. The van der Waals surface area contributed by atoms with Crippen molar-refractivity contribution in [3.63, 3.8) is 0 Å². The highest BCUT2D eigenvalue weighted by Gasteiger charge is 2.20. The van der Waals surface area contributed by atoms with E-state index in [1.165, 1.54) is 0 Å². The average molecular weight is 257 g/mol. The third-order valence-corrected chi connectivity index (χ3v) is 4.39. The summed E-state index contributed by atoms with van der Waals surface area (Å²) in [6, 6.07) is 6.37. The molecule has 5 heteroatoms. The monoisotopic (exact) mass is 257 g/mol. The smallest absolute Gasteiger partial charge is 0.240 e. The number of nitrogens with one attached hydrogen (secondary N) is 1.